The van der Waals surface area contributed by atoms with Crippen LogP contribution in [0.3, 0.4) is 0 Å². The van der Waals surface area contributed by atoms with E-state index >= 15 is 0 Å². The average molecular weight is 375 g/mol. The molecule has 0 aliphatic heterocycles. The van der Waals surface area contributed by atoms with E-state index in [4.69, 9.17) is 0 Å². The van der Waals surface area contributed by atoms with Crippen molar-refractivity contribution in [3.05, 3.63) is 71.5 Å². The Hall–Kier alpha value is -3.02. The molecule has 0 bridgehead atoms. The van der Waals surface area contributed by atoms with E-state index in [1.807, 2.05) is 78.2 Å². The Kier molecular flexibility index (Phi) is 4.94. The standard InChI is InChI=1S/C22H25N5O/c1-17-11-7-8-14-19(17)27-21(23-24-25-27)22(15-9-4-10-16-22)26(2)20(28)18-12-5-3-6-13-18/h3,5-8,11-14H,4,9-10,15-16H2,1-2H3. The van der Waals surface area contributed by atoms with Crippen LogP contribution in [0.5, 0.6) is 0 Å². The van der Waals surface area contributed by atoms with Crippen molar-refractivity contribution in [1.82, 2.24) is 25.1 Å². The van der Waals surface area contributed by atoms with Gasteiger partial charge in [0.1, 0.15) is 5.54 Å². The summed E-state index contributed by atoms with van der Waals surface area (Å²) in [6.45, 7) is 2.05. The predicted molar refractivity (Wildman–Crippen MR) is 107 cm³/mol. The maximum Gasteiger partial charge on any atom is 0.254 e. The van der Waals surface area contributed by atoms with E-state index in [2.05, 4.69) is 15.5 Å². The number of tetrazole rings is 1. The predicted octanol–water partition coefficient (Wildman–Crippen LogP) is 3.90. The van der Waals surface area contributed by atoms with Gasteiger partial charge in [0, 0.05) is 12.6 Å². The lowest BCUT2D eigenvalue weighted by Crippen LogP contribution is -2.50. The first-order valence-corrected chi connectivity index (χ1v) is 9.81. The molecule has 1 fully saturated rings. The minimum atomic E-state index is -0.517. The molecule has 0 atom stereocenters. The molecule has 0 saturated heterocycles. The number of hydrogen-bond acceptors (Lipinski definition) is 4. The number of hydrogen-bond donors (Lipinski definition) is 0. The Morgan fingerprint density at radius 1 is 1.00 bits per heavy atom. The normalized spacial score (nSPS) is 15.9. The summed E-state index contributed by atoms with van der Waals surface area (Å²) in [6.07, 6.45) is 4.98. The summed E-state index contributed by atoms with van der Waals surface area (Å²) in [7, 11) is 1.89. The summed E-state index contributed by atoms with van der Waals surface area (Å²) >= 11 is 0. The molecule has 2 aromatic carbocycles. The van der Waals surface area contributed by atoms with Gasteiger partial charge in [0.15, 0.2) is 5.82 Å². The Morgan fingerprint density at radius 3 is 2.39 bits per heavy atom. The van der Waals surface area contributed by atoms with Crippen molar-refractivity contribution < 1.29 is 4.79 Å². The highest BCUT2D eigenvalue weighted by atomic mass is 16.2. The van der Waals surface area contributed by atoms with E-state index in [1.165, 1.54) is 6.42 Å². The molecule has 144 valence electrons. The number of para-hydroxylation sites is 1. The largest absolute Gasteiger partial charge is 0.329 e. The van der Waals surface area contributed by atoms with Crippen molar-refractivity contribution in [2.75, 3.05) is 7.05 Å². The number of rotatable bonds is 4. The molecular formula is C22H25N5O. The van der Waals surface area contributed by atoms with Crippen LogP contribution in [0.25, 0.3) is 5.69 Å². The fourth-order valence-electron chi connectivity index (χ4n) is 4.26. The maximum absolute atomic E-state index is 13.3. The van der Waals surface area contributed by atoms with Crippen LogP contribution in [0.2, 0.25) is 0 Å². The van der Waals surface area contributed by atoms with Gasteiger partial charge in [-0.3, -0.25) is 4.79 Å². The Bertz CT molecular complexity index is 960. The van der Waals surface area contributed by atoms with Gasteiger partial charge in [-0.05, 0) is 54.0 Å². The van der Waals surface area contributed by atoms with E-state index in [-0.39, 0.29) is 5.91 Å². The SMILES string of the molecule is Cc1ccccc1-n1nnnc1C1(N(C)C(=O)c2ccccc2)CCCCC1. The van der Waals surface area contributed by atoms with Crippen molar-refractivity contribution >= 4 is 5.91 Å². The van der Waals surface area contributed by atoms with Crippen molar-refractivity contribution in [3.8, 4) is 5.69 Å². The van der Waals surface area contributed by atoms with Gasteiger partial charge in [-0.15, -0.1) is 5.10 Å². The summed E-state index contributed by atoms with van der Waals surface area (Å²) < 4.78 is 1.81. The highest BCUT2D eigenvalue weighted by molar-refractivity contribution is 5.94. The molecule has 28 heavy (non-hydrogen) atoms. The summed E-state index contributed by atoms with van der Waals surface area (Å²) in [5.74, 6) is 0.745. The van der Waals surface area contributed by atoms with Crippen LogP contribution < -0.4 is 0 Å². The van der Waals surface area contributed by atoms with Crippen LogP contribution in [-0.4, -0.2) is 38.1 Å². The van der Waals surface area contributed by atoms with Crippen LogP contribution in [-0.2, 0) is 5.54 Å². The van der Waals surface area contributed by atoms with E-state index < -0.39 is 5.54 Å². The van der Waals surface area contributed by atoms with Crippen LogP contribution in [0, 0.1) is 6.92 Å². The van der Waals surface area contributed by atoms with E-state index in [1.54, 1.807) is 0 Å². The average Bonchev–Trinajstić information content (AvgIpc) is 3.24. The summed E-state index contributed by atoms with van der Waals surface area (Å²) in [5.41, 5.74) is 2.22. The molecule has 0 radical (unpaired) electrons. The lowest BCUT2D eigenvalue weighted by molar-refractivity contribution is 0.0386. The zero-order valence-electron chi connectivity index (χ0n) is 16.4. The Balaban J connectivity index is 1.81. The minimum Gasteiger partial charge on any atom is -0.329 e. The minimum absolute atomic E-state index is 0.00170. The Morgan fingerprint density at radius 2 is 1.68 bits per heavy atom. The summed E-state index contributed by atoms with van der Waals surface area (Å²) in [5, 5.41) is 12.7. The maximum atomic E-state index is 13.3. The highest BCUT2D eigenvalue weighted by Crippen LogP contribution is 2.42. The molecule has 1 aliphatic carbocycles. The number of benzene rings is 2. The molecular weight excluding hydrogens is 350 g/mol. The topological polar surface area (TPSA) is 63.9 Å². The summed E-state index contributed by atoms with van der Waals surface area (Å²) in [6, 6.07) is 17.5. The van der Waals surface area contributed by atoms with E-state index in [0.29, 0.717) is 5.56 Å². The van der Waals surface area contributed by atoms with Gasteiger partial charge < -0.3 is 4.90 Å². The molecule has 1 aromatic heterocycles. The van der Waals surface area contributed by atoms with Gasteiger partial charge >= 0.3 is 0 Å². The molecule has 1 heterocycles. The molecule has 6 heteroatoms. The molecule has 0 spiro atoms. The fourth-order valence-corrected chi connectivity index (χ4v) is 4.26. The van der Waals surface area contributed by atoms with Crippen LogP contribution in [0.15, 0.2) is 54.6 Å². The molecule has 1 amide bonds. The van der Waals surface area contributed by atoms with Gasteiger partial charge in [0.05, 0.1) is 5.69 Å². The number of aromatic nitrogens is 4. The first-order valence-electron chi connectivity index (χ1n) is 9.81. The first kappa shape index (κ1) is 18.3. The zero-order valence-corrected chi connectivity index (χ0v) is 16.4. The van der Waals surface area contributed by atoms with Gasteiger partial charge in [0.25, 0.3) is 5.91 Å². The third kappa shape index (κ3) is 3.09. The van der Waals surface area contributed by atoms with Crippen molar-refractivity contribution in [1.29, 1.82) is 0 Å². The van der Waals surface area contributed by atoms with Crippen molar-refractivity contribution in [2.24, 2.45) is 0 Å². The van der Waals surface area contributed by atoms with Gasteiger partial charge in [-0.1, -0.05) is 55.7 Å². The van der Waals surface area contributed by atoms with Gasteiger partial charge in [-0.25, -0.2) is 0 Å². The molecule has 0 unspecified atom stereocenters. The number of aryl methyl sites for hydroxylation is 1. The molecule has 4 rings (SSSR count). The lowest BCUT2D eigenvalue weighted by atomic mass is 9.79. The Labute approximate surface area is 165 Å². The monoisotopic (exact) mass is 375 g/mol. The third-order valence-corrected chi connectivity index (χ3v) is 5.88. The number of amides is 1. The van der Waals surface area contributed by atoms with Crippen LogP contribution in [0.1, 0.15) is 53.8 Å². The zero-order chi connectivity index (χ0) is 19.6. The number of nitrogens with zero attached hydrogens (tertiary/aromatic N) is 5. The molecule has 0 N–H and O–H groups in total. The second-order valence-electron chi connectivity index (χ2n) is 7.52. The number of carbonyl (C=O) groups excluding carboxylic acids is 1. The van der Waals surface area contributed by atoms with Gasteiger partial charge in [-0.2, -0.15) is 4.68 Å². The van der Waals surface area contributed by atoms with Crippen molar-refractivity contribution in [3.63, 3.8) is 0 Å². The molecule has 3 aromatic rings. The third-order valence-electron chi connectivity index (χ3n) is 5.88. The second-order valence-corrected chi connectivity index (χ2v) is 7.52. The number of carbonyl (C=O) groups is 1. The van der Waals surface area contributed by atoms with Crippen LogP contribution >= 0.6 is 0 Å². The smallest absolute Gasteiger partial charge is 0.254 e. The lowest BCUT2D eigenvalue weighted by Gasteiger charge is -2.43. The quantitative estimate of drug-likeness (QED) is 0.694. The van der Waals surface area contributed by atoms with E-state index in [9.17, 15) is 4.79 Å². The molecule has 1 aliphatic rings. The molecule has 6 nitrogen and oxygen atoms in total. The van der Waals surface area contributed by atoms with Crippen LogP contribution in [0.4, 0.5) is 0 Å². The van der Waals surface area contributed by atoms with Crippen molar-refractivity contribution in [2.45, 2.75) is 44.6 Å². The highest BCUT2D eigenvalue weighted by Gasteiger charge is 2.45. The molecule has 1 saturated carbocycles. The second kappa shape index (κ2) is 7.54. The van der Waals surface area contributed by atoms with Gasteiger partial charge in [0.2, 0.25) is 0 Å². The van der Waals surface area contributed by atoms with E-state index in [0.717, 1.165) is 42.8 Å². The first-order chi connectivity index (χ1) is 13.6. The fraction of sp³-hybridized carbons (Fsp3) is 0.364. The summed E-state index contributed by atoms with van der Waals surface area (Å²) in [4.78, 5) is 15.2.